The number of anilines is 1. The number of hydrogen-bond acceptors (Lipinski definition) is 2. The molecule has 0 radical (unpaired) electrons. The predicted molar refractivity (Wildman–Crippen MR) is 131 cm³/mol. The van der Waals surface area contributed by atoms with Gasteiger partial charge in [0.2, 0.25) is 0 Å². The highest BCUT2D eigenvalue weighted by molar-refractivity contribution is 14.1. The minimum Gasteiger partial charge on any atom is -0.321 e. The molecule has 1 amide bonds. The standard InChI is InChI=1S/C25H24IN3O/c1-15-6-7-22(10-16(15)2)28-25(30)21(14-27)13-20-12-18(4)29(19(20)5)23-8-9-24(26)17(3)11-23/h6-13H,1-5H3,(H,28,30)/b21-13-. The summed E-state index contributed by atoms with van der Waals surface area (Å²) in [7, 11) is 0. The first-order chi connectivity index (χ1) is 14.2. The number of nitrogens with zero attached hydrogens (tertiary/aromatic N) is 2. The highest BCUT2D eigenvalue weighted by Crippen LogP contribution is 2.25. The van der Waals surface area contributed by atoms with E-state index in [1.165, 1.54) is 9.13 Å². The van der Waals surface area contributed by atoms with E-state index < -0.39 is 5.91 Å². The maximum atomic E-state index is 12.7. The number of nitrogens with one attached hydrogen (secondary N) is 1. The average molecular weight is 509 g/mol. The molecule has 30 heavy (non-hydrogen) atoms. The van der Waals surface area contributed by atoms with Gasteiger partial charge in [-0.15, -0.1) is 0 Å². The highest BCUT2D eigenvalue weighted by atomic mass is 127. The number of carbonyl (C=O) groups is 1. The zero-order chi connectivity index (χ0) is 22.0. The maximum Gasteiger partial charge on any atom is 0.266 e. The summed E-state index contributed by atoms with van der Waals surface area (Å²) in [5.74, 6) is -0.407. The van der Waals surface area contributed by atoms with Crippen LogP contribution in [0.5, 0.6) is 0 Å². The van der Waals surface area contributed by atoms with Crippen LogP contribution in [0, 0.1) is 49.5 Å². The van der Waals surface area contributed by atoms with E-state index in [1.807, 2.05) is 58.0 Å². The van der Waals surface area contributed by atoms with E-state index in [0.29, 0.717) is 5.69 Å². The zero-order valence-corrected chi connectivity index (χ0v) is 20.0. The quantitative estimate of drug-likeness (QED) is 0.260. The molecule has 0 fully saturated rings. The third-order valence-corrected chi connectivity index (χ3v) is 6.51. The molecule has 0 saturated heterocycles. The topological polar surface area (TPSA) is 57.8 Å². The number of nitriles is 1. The summed E-state index contributed by atoms with van der Waals surface area (Å²) < 4.78 is 3.36. The number of aryl methyl sites for hydroxylation is 4. The van der Waals surface area contributed by atoms with Crippen molar-refractivity contribution in [3.63, 3.8) is 0 Å². The fraction of sp³-hybridized carbons (Fsp3) is 0.200. The van der Waals surface area contributed by atoms with Crippen molar-refractivity contribution in [3.8, 4) is 11.8 Å². The number of halogens is 1. The summed E-state index contributed by atoms with van der Waals surface area (Å²) in [6.45, 7) is 10.1. The maximum absolute atomic E-state index is 12.7. The van der Waals surface area contributed by atoms with Gasteiger partial charge >= 0.3 is 0 Å². The van der Waals surface area contributed by atoms with Crippen LogP contribution in [0.3, 0.4) is 0 Å². The summed E-state index contributed by atoms with van der Waals surface area (Å²) in [5, 5.41) is 12.4. The van der Waals surface area contributed by atoms with Crippen LogP contribution in [-0.4, -0.2) is 10.5 Å². The van der Waals surface area contributed by atoms with Gasteiger partial charge < -0.3 is 9.88 Å². The van der Waals surface area contributed by atoms with Crippen molar-refractivity contribution in [3.05, 3.63) is 85.2 Å². The number of benzene rings is 2. The summed E-state index contributed by atoms with van der Waals surface area (Å²) >= 11 is 2.32. The normalized spacial score (nSPS) is 11.3. The van der Waals surface area contributed by atoms with Crippen LogP contribution < -0.4 is 5.32 Å². The minimum absolute atomic E-state index is 0.0762. The molecule has 5 heteroatoms. The van der Waals surface area contributed by atoms with Gasteiger partial charge in [0, 0.05) is 26.3 Å². The Kier molecular flexibility index (Phi) is 6.47. The Labute approximate surface area is 191 Å². The van der Waals surface area contributed by atoms with E-state index in [9.17, 15) is 10.1 Å². The number of hydrogen-bond donors (Lipinski definition) is 1. The van der Waals surface area contributed by atoms with E-state index in [2.05, 4.69) is 57.6 Å². The highest BCUT2D eigenvalue weighted by Gasteiger charge is 2.14. The molecule has 1 aromatic heterocycles. The third-order valence-electron chi connectivity index (χ3n) is 5.30. The lowest BCUT2D eigenvalue weighted by atomic mass is 10.1. The van der Waals surface area contributed by atoms with Crippen molar-refractivity contribution < 1.29 is 4.79 Å². The van der Waals surface area contributed by atoms with Gasteiger partial charge in [-0.25, -0.2) is 0 Å². The molecule has 2 aromatic carbocycles. The smallest absolute Gasteiger partial charge is 0.266 e. The molecule has 0 bridgehead atoms. The Balaban J connectivity index is 1.94. The van der Waals surface area contributed by atoms with Crippen LogP contribution in [-0.2, 0) is 4.79 Å². The lowest BCUT2D eigenvalue weighted by Gasteiger charge is -2.11. The van der Waals surface area contributed by atoms with Crippen molar-refractivity contribution >= 4 is 40.3 Å². The fourth-order valence-electron chi connectivity index (χ4n) is 3.42. The second-order valence-electron chi connectivity index (χ2n) is 7.52. The van der Waals surface area contributed by atoms with E-state index in [0.717, 1.165) is 33.8 Å². The molecule has 152 valence electrons. The zero-order valence-electron chi connectivity index (χ0n) is 17.8. The van der Waals surface area contributed by atoms with Gasteiger partial charge in [-0.1, -0.05) is 6.07 Å². The summed E-state index contributed by atoms with van der Waals surface area (Å²) in [4.78, 5) is 12.7. The number of aromatic nitrogens is 1. The number of rotatable bonds is 4. The van der Waals surface area contributed by atoms with Crippen molar-refractivity contribution in [1.82, 2.24) is 4.57 Å². The Morgan fingerprint density at radius 1 is 1.00 bits per heavy atom. The van der Waals surface area contributed by atoms with Crippen molar-refractivity contribution in [1.29, 1.82) is 5.26 Å². The lowest BCUT2D eigenvalue weighted by Crippen LogP contribution is -2.13. The SMILES string of the molecule is Cc1ccc(NC(=O)/C(C#N)=C\c2cc(C)n(-c3ccc(I)c(C)c3)c2C)cc1C. The van der Waals surface area contributed by atoms with Crippen molar-refractivity contribution in [2.24, 2.45) is 0 Å². The van der Waals surface area contributed by atoms with Gasteiger partial charge in [-0.2, -0.15) is 5.26 Å². The minimum atomic E-state index is -0.407. The molecule has 0 spiro atoms. The first-order valence-corrected chi connectivity index (χ1v) is 10.7. The monoisotopic (exact) mass is 509 g/mol. The van der Waals surface area contributed by atoms with Gasteiger partial charge in [-0.05, 0) is 122 Å². The van der Waals surface area contributed by atoms with E-state index in [-0.39, 0.29) is 5.57 Å². The van der Waals surface area contributed by atoms with E-state index in [1.54, 1.807) is 6.08 Å². The molecule has 0 saturated carbocycles. The molecule has 0 unspecified atom stereocenters. The predicted octanol–water partition coefficient (Wildman–Crippen LogP) is 6.17. The largest absolute Gasteiger partial charge is 0.321 e. The molecule has 1 N–H and O–H groups in total. The van der Waals surface area contributed by atoms with E-state index in [4.69, 9.17) is 0 Å². The van der Waals surface area contributed by atoms with Crippen LogP contribution in [0.15, 0.2) is 48.0 Å². The van der Waals surface area contributed by atoms with Gasteiger partial charge in [0.1, 0.15) is 11.6 Å². The second kappa shape index (κ2) is 8.88. The van der Waals surface area contributed by atoms with Gasteiger partial charge in [0.25, 0.3) is 5.91 Å². The molecular formula is C25H24IN3O. The first-order valence-electron chi connectivity index (χ1n) is 9.67. The van der Waals surface area contributed by atoms with E-state index >= 15 is 0 Å². The van der Waals surface area contributed by atoms with Gasteiger partial charge in [0.05, 0.1) is 0 Å². The van der Waals surface area contributed by atoms with Crippen LogP contribution in [0.25, 0.3) is 11.8 Å². The third kappa shape index (κ3) is 4.49. The van der Waals surface area contributed by atoms with Crippen molar-refractivity contribution in [2.45, 2.75) is 34.6 Å². The van der Waals surface area contributed by atoms with Gasteiger partial charge in [-0.3, -0.25) is 4.79 Å². The average Bonchev–Trinajstić information content (AvgIpc) is 2.98. The molecule has 0 aliphatic rings. The van der Waals surface area contributed by atoms with Crippen molar-refractivity contribution in [2.75, 3.05) is 5.32 Å². The Morgan fingerprint density at radius 3 is 2.37 bits per heavy atom. The summed E-state index contributed by atoms with van der Waals surface area (Å²) in [6, 6.07) is 16.1. The molecule has 0 atom stereocenters. The fourth-order valence-corrected chi connectivity index (χ4v) is 3.76. The Morgan fingerprint density at radius 2 is 1.73 bits per heavy atom. The first kappa shape index (κ1) is 21.8. The molecule has 0 aliphatic carbocycles. The Hall–Kier alpha value is -2.85. The molecule has 1 heterocycles. The number of carbonyl (C=O) groups excluding carboxylic acids is 1. The second-order valence-corrected chi connectivity index (χ2v) is 8.68. The van der Waals surface area contributed by atoms with Crippen LogP contribution in [0.1, 0.15) is 33.6 Å². The summed E-state index contributed by atoms with van der Waals surface area (Å²) in [5.41, 5.74) is 8.18. The molecule has 3 aromatic rings. The number of amides is 1. The molecule has 4 nitrogen and oxygen atoms in total. The summed E-state index contributed by atoms with van der Waals surface area (Å²) in [6.07, 6.45) is 1.66. The molecular weight excluding hydrogens is 485 g/mol. The van der Waals surface area contributed by atoms with Crippen LogP contribution >= 0.6 is 22.6 Å². The molecule has 3 rings (SSSR count). The Bertz CT molecular complexity index is 1210. The molecule has 0 aliphatic heterocycles. The van der Waals surface area contributed by atoms with Crippen LogP contribution in [0.2, 0.25) is 0 Å². The van der Waals surface area contributed by atoms with Crippen LogP contribution in [0.4, 0.5) is 5.69 Å². The van der Waals surface area contributed by atoms with Gasteiger partial charge in [0.15, 0.2) is 0 Å². The lowest BCUT2D eigenvalue weighted by molar-refractivity contribution is -0.112.